The Morgan fingerprint density at radius 1 is 0.962 bits per heavy atom. The van der Waals surface area contributed by atoms with Crippen LogP contribution >= 0.6 is 0 Å². The molecule has 0 aliphatic carbocycles. The molecule has 0 saturated carbocycles. The van der Waals surface area contributed by atoms with Crippen molar-refractivity contribution in [2.75, 3.05) is 10.6 Å². The molecule has 0 aliphatic rings. The van der Waals surface area contributed by atoms with Crippen molar-refractivity contribution in [3.05, 3.63) is 65.4 Å². The lowest BCUT2D eigenvalue weighted by Crippen LogP contribution is -2.17. The van der Waals surface area contributed by atoms with E-state index in [2.05, 4.69) is 15.6 Å². The van der Waals surface area contributed by atoms with Crippen LogP contribution in [0.4, 0.5) is 11.4 Å². The minimum Gasteiger partial charge on any atom is -0.326 e. The Kier molecular flexibility index (Phi) is 4.98. The van der Waals surface area contributed by atoms with Gasteiger partial charge in [-0.05, 0) is 49.2 Å². The zero-order valence-corrected chi connectivity index (χ0v) is 15.1. The van der Waals surface area contributed by atoms with Crippen LogP contribution in [0.3, 0.4) is 0 Å². The van der Waals surface area contributed by atoms with Gasteiger partial charge >= 0.3 is 0 Å². The van der Waals surface area contributed by atoms with E-state index in [1.54, 1.807) is 24.3 Å². The standard InChI is InChI=1S/C21H21N3O2/c1-4-18-20(13(2)17-7-5-6-8-19(17)24-18)21(26)23-16-11-9-15(10-12-16)22-14(3)25/h5-12H,4H2,1-3H3,(H,22,25)(H,23,26). The van der Waals surface area contributed by atoms with Crippen LogP contribution in [-0.2, 0) is 11.2 Å². The summed E-state index contributed by atoms with van der Waals surface area (Å²) in [4.78, 5) is 28.6. The first-order valence-electron chi connectivity index (χ1n) is 8.56. The van der Waals surface area contributed by atoms with Gasteiger partial charge in [-0.25, -0.2) is 0 Å². The maximum absolute atomic E-state index is 12.9. The monoisotopic (exact) mass is 347 g/mol. The molecule has 2 N–H and O–H groups in total. The van der Waals surface area contributed by atoms with Crippen molar-refractivity contribution >= 4 is 34.1 Å². The van der Waals surface area contributed by atoms with E-state index < -0.39 is 0 Å². The third kappa shape index (κ3) is 3.57. The fourth-order valence-electron chi connectivity index (χ4n) is 3.03. The number of aromatic nitrogens is 1. The molecule has 0 aliphatic heterocycles. The largest absolute Gasteiger partial charge is 0.326 e. The van der Waals surface area contributed by atoms with Crippen molar-refractivity contribution in [2.45, 2.75) is 27.2 Å². The highest BCUT2D eigenvalue weighted by Gasteiger charge is 2.18. The number of amides is 2. The van der Waals surface area contributed by atoms with E-state index in [9.17, 15) is 9.59 Å². The van der Waals surface area contributed by atoms with Crippen molar-refractivity contribution in [1.29, 1.82) is 0 Å². The number of hydrogen-bond acceptors (Lipinski definition) is 3. The van der Waals surface area contributed by atoms with E-state index >= 15 is 0 Å². The topological polar surface area (TPSA) is 71.1 Å². The first kappa shape index (κ1) is 17.6. The van der Waals surface area contributed by atoms with Crippen LogP contribution in [0.25, 0.3) is 10.9 Å². The predicted octanol–water partition coefficient (Wildman–Crippen LogP) is 4.32. The van der Waals surface area contributed by atoms with E-state index in [0.717, 1.165) is 22.2 Å². The average molecular weight is 347 g/mol. The van der Waals surface area contributed by atoms with Gasteiger partial charge in [0.05, 0.1) is 16.8 Å². The SMILES string of the molecule is CCc1nc2ccccc2c(C)c1C(=O)Nc1ccc(NC(C)=O)cc1. The summed E-state index contributed by atoms with van der Waals surface area (Å²) in [7, 11) is 0. The molecule has 0 saturated heterocycles. The quantitative estimate of drug-likeness (QED) is 0.738. The first-order chi connectivity index (χ1) is 12.5. The van der Waals surface area contributed by atoms with Gasteiger partial charge in [-0.3, -0.25) is 14.6 Å². The molecule has 0 bridgehead atoms. The second-order valence-electron chi connectivity index (χ2n) is 6.14. The lowest BCUT2D eigenvalue weighted by molar-refractivity contribution is -0.114. The molecule has 1 aromatic heterocycles. The highest BCUT2D eigenvalue weighted by Crippen LogP contribution is 2.24. The van der Waals surface area contributed by atoms with Gasteiger partial charge in [0.15, 0.2) is 0 Å². The van der Waals surface area contributed by atoms with Gasteiger partial charge in [0.2, 0.25) is 5.91 Å². The van der Waals surface area contributed by atoms with Gasteiger partial charge in [0.1, 0.15) is 0 Å². The smallest absolute Gasteiger partial charge is 0.257 e. The number of fused-ring (bicyclic) bond motifs is 1. The second-order valence-corrected chi connectivity index (χ2v) is 6.14. The molecule has 0 spiro atoms. The van der Waals surface area contributed by atoms with E-state index in [-0.39, 0.29) is 11.8 Å². The van der Waals surface area contributed by atoms with Crippen LogP contribution in [0.5, 0.6) is 0 Å². The Morgan fingerprint density at radius 3 is 2.19 bits per heavy atom. The normalized spacial score (nSPS) is 10.6. The Hall–Kier alpha value is -3.21. The zero-order valence-electron chi connectivity index (χ0n) is 15.1. The number of hydrogen-bond donors (Lipinski definition) is 2. The van der Waals surface area contributed by atoms with E-state index in [0.29, 0.717) is 23.4 Å². The van der Waals surface area contributed by atoms with Gasteiger partial charge in [0.25, 0.3) is 5.91 Å². The number of benzene rings is 2. The van der Waals surface area contributed by atoms with E-state index in [1.807, 2.05) is 38.1 Å². The summed E-state index contributed by atoms with van der Waals surface area (Å²) in [6.45, 7) is 5.41. The predicted molar refractivity (Wildman–Crippen MR) is 105 cm³/mol. The van der Waals surface area contributed by atoms with Gasteiger partial charge in [-0.15, -0.1) is 0 Å². The lowest BCUT2D eigenvalue weighted by Gasteiger charge is -2.14. The molecule has 3 aromatic rings. The highest BCUT2D eigenvalue weighted by molar-refractivity contribution is 6.08. The summed E-state index contributed by atoms with van der Waals surface area (Å²) in [6.07, 6.45) is 0.676. The summed E-state index contributed by atoms with van der Waals surface area (Å²) in [5, 5.41) is 6.61. The maximum atomic E-state index is 12.9. The molecule has 0 radical (unpaired) electrons. The van der Waals surface area contributed by atoms with Crippen LogP contribution in [0.15, 0.2) is 48.5 Å². The molecule has 132 valence electrons. The Balaban J connectivity index is 1.92. The molecular weight excluding hydrogens is 326 g/mol. The third-order valence-electron chi connectivity index (χ3n) is 4.25. The molecule has 26 heavy (non-hydrogen) atoms. The number of carbonyl (C=O) groups excluding carboxylic acids is 2. The van der Waals surface area contributed by atoms with Crippen LogP contribution in [0, 0.1) is 6.92 Å². The Labute approximate surface area is 152 Å². The summed E-state index contributed by atoms with van der Waals surface area (Å²) in [5.74, 6) is -0.308. The number of aryl methyl sites for hydroxylation is 2. The highest BCUT2D eigenvalue weighted by atomic mass is 16.2. The Bertz CT molecular complexity index is 978. The third-order valence-corrected chi connectivity index (χ3v) is 4.25. The summed E-state index contributed by atoms with van der Waals surface area (Å²) in [5.41, 5.74) is 4.59. The van der Waals surface area contributed by atoms with E-state index in [1.165, 1.54) is 6.92 Å². The number of pyridine rings is 1. The van der Waals surface area contributed by atoms with Crippen molar-refractivity contribution < 1.29 is 9.59 Å². The van der Waals surface area contributed by atoms with Crippen LogP contribution in [0.1, 0.15) is 35.5 Å². The second kappa shape index (κ2) is 7.35. The van der Waals surface area contributed by atoms with Crippen LogP contribution in [-0.4, -0.2) is 16.8 Å². The van der Waals surface area contributed by atoms with Crippen molar-refractivity contribution in [3.8, 4) is 0 Å². The summed E-state index contributed by atoms with van der Waals surface area (Å²) >= 11 is 0. The van der Waals surface area contributed by atoms with Crippen molar-refractivity contribution in [2.24, 2.45) is 0 Å². The first-order valence-corrected chi connectivity index (χ1v) is 8.56. The molecular formula is C21H21N3O2. The zero-order chi connectivity index (χ0) is 18.7. The fraction of sp³-hybridized carbons (Fsp3) is 0.190. The minimum absolute atomic E-state index is 0.132. The molecule has 5 heteroatoms. The lowest BCUT2D eigenvalue weighted by atomic mass is 9.99. The van der Waals surface area contributed by atoms with Crippen molar-refractivity contribution in [1.82, 2.24) is 4.98 Å². The number of para-hydroxylation sites is 1. The molecule has 0 atom stereocenters. The van der Waals surface area contributed by atoms with Gasteiger partial charge in [-0.2, -0.15) is 0 Å². The Morgan fingerprint density at radius 2 is 1.58 bits per heavy atom. The van der Waals surface area contributed by atoms with Crippen LogP contribution in [0.2, 0.25) is 0 Å². The van der Waals surface area contributed by atoms with E-state index in [4.69, 9.17) is 0 Å². The fourth-order valence-corrected chi connectivity index (χ4v) is 3.03. The summed E-state index contributed by atoms with van der Waals surface area (Å²) in [6, 6.07) is 14.9. The number of carbonyl (C=O) groups is 2. The molecule has 3 rings (SSSR count). The molecule has 2 aromatic carbocycles. The van der Waals surface area contributed by atoms with Gasteiger partial charge in [0, 0.05) is 23.7 Å². The minimum atomic E-state index is -0.176. The van der Waals surface area contributed by atoms with Gasteiger partial charge < -0.3 is 10.6 Å². The summed E-state index contributed by atoms with van der Waals surface area (Å²) < 4.78 is 0. The number of nitrogens with one attached hydrogen (secondary N) is 2. The van der Waals surface area contributed by atoms with Gasteiger partial charge in [-0.1, -0.05) is 25.1 Å². The van der Waals surface area contributed by atoms with Crippen LogP contribution < -0.4 is 10.6 Å². The number of nitrogens with zero attached hydrogens (tertiary/aromatic N) is 1. The molecule has 0 fully saturated rings. The number of anilines is 2. The van der Waals surface area contributed by atoms with Crippen molar-refractivity contribution in [3.63, 3.8) is 0 Å². The molecule has 5 nitrogen and oxygen atoms in total. The average Bonchev–Trinajstić information content (AvgIpc) is 2.62. The number of rotatable bonds is 4. The maximum Gasteiger partial charge on any atom is 0.257 e. The molecule has 1 heterocycles. The molecule has 2 amide bonds. The molecule has 0 unspecified atom stereocenters.